The van der Waals surface area contributed by atoms with Crippen LogP contribution in [0.2, 0.25) is 0 Å². The van der Waals surface area contributed by atoms with Gasteiger partial charge < -0.3 is 9.47 Å². The number of imidazole rings is 1. The lowest BCUT2D eigenvalue weighted by Gasteiger charge is -2.33. The van der Waals surface area contributed by atoms with Gasteiger partial charge in [0.15, 0.2) is 0 Å². The topological polar surface area (TPSA) is 46.8 Å². The van der Waals surface area contributed by atoms with Crippen LogP contribution in [0, 0.1) is 0 Å². The highest BCUT2D eigenvalue weighted by Crippen LogP contribution is 2.30. The molecule has 0 atom stereocenters. The van der Waals surface area contributed by atoms with Crippen LogP contribution in [0.15, 0.2) is 42.7 Å². The number of nitrogens with zero attached hydrogens (tertiary/aromatic N) is 5. The van der Waals surface area contributed by atoms with E-state index >= 15 is 0 Å². The van der Waals surface area contributed by atoms with Crippen LogP contribution in [0.25, 0.3) is 11.0 Å². The minimum absolute atomic E-state index is 0.511. The number of para-hydroxylation sites is 2. The van der Waals surface area contributed by atoms with Crippen molar-refractivity contribution in [2.24, 2.45) is 0 Å². The van der Waals surface area contributed by atoms with Gasteiger partial charge in [-0.05, 0) is 31.0 Å². The summed E-state index contributed by atoms with van der Waals surface area (Å²) >= 11 is 0. The van der Waals surface area contributed by atoms with Crippen LogP contribution >= 0.6 is 0 Å². The number of rotatable bonds is 3. The van der Waals surface area contributed by atoms with E-state index < -0.39 is 0 Å². The SMILES string of the molecule is CCc1nc2ccccc2n1C1CCN(c2ncccn2)CC1. The van der Waals surface area contributed by atoms with Gasteiger partial charge in [-0.2, -0.15) is 0 Å². The number of piperidine rings is 1. The maximum absolute atomic E-state index is 4.81. The molecule has 3 aromatic rings. The normalized spacial score (nSPS) is 16.1. The van der Waals surface area contributed by atoms with Crippen molar-refractivity contribution >= 4 is 17.0 Å². The van der Waals surface area contributed by atoms with Crippen LogP contribution in [-0.4, -0.2) is 32.6 Å². The quantitative estimate of drug-likeness (QED) is 0.745. The first-order chi connectivity index (χ1) is 11.4. The fourth-order valence-electron chi connectivity index (χ4n) is 3.53. The van der Waals surface area contributed by atoms with E-state index in [0.29, 0.717) is 6.04 Å². The molecule has 0 unspecified atom stereocenters. The molecule has 118 valence electrons. The van der Waals surface area contributed by atoms with Crippen molar-refractivity contribution in [3.63, 3.8) is 0 Å². The van der Waals surface area contributed by atoms with Crippen molar-refractivity contribution in [1.29, 1.82) is 0 Å². The maximum Gasteiger partial charge on any atom is 0.225 e. The maximum atomic E-state index is 4.81. The molecule has 0 aliphatic carbocycles. The Morgan fingerprint density at radius 2 is 1.78 bits per heavy atom. The summed E-state index contributed by atoms with van der Waals surface area (Å²) in [6, 6.07) is 10.8. The van der Waals surface area contributed by atoms with Gasteiger partial charge in [0.1, 0.15) is 5.82 Å². The first kappa shape index (κ1) is 14.2. The van der Waals surface area contributed by atoms with E-state index in [2.05, 4.69) is 50.6 Å². The van der Waals surface area contributed by atoms with Gasteiger partial charge >= 0.3 is 0 Å². The van der Waals surface area contributed by atoms with E-state index in [4.69, 9.17) is 4.98 Å². The molecule has 2 aromatic heterocycles. The van der Waals surface area contributed by atoms with Crippen LogP contribution < -0.4 is 4.90 Å². The van der Waals surface area contributed by atoms with Gasteiger partial charge in [-0.1, -0.05) is 19.1 Å². The van der Waals surface area contributed by atoms with Crippen molar-refractivity contribution in [3.8, 4) is 0 Å². The second kappa shape index (κ2) is 5.99. The summed E-state index contributed by atoms with van der Waals surface area (Å²) in [6.07, 6.45) is 6.80. The number of fused-ring (bicyclic) bond motifs is 1. The molecule has 0 radical (unpaired) electrons. The van der Waals surface area contributed by atoms with Crippen molar-refractivity contribution in [1.82, 2.24) is 19.5 Å². The van der Waals surface area contributed by atoms with Gasteiger partial charge in [-0.25, -0.2) is 15.0 Å². The molecule has 5 nitrogen and oxygen atoms in total. The predicted molar refractivity (Wildman–Crippen MR) is 91.6 cm³/mol. The van der Waals surface area contributed by atoms with Gasteiger partial charge in [-0.15, -0.1) is 0 Å². The average Bonchev–Trinajstić information content (AvgIpc) is 3.01. The van der Waals surface area contributed by atoms with Gasteiger partial charge in [0.05, 0.1) is 11.0 Å². The van der Waals surface area contributed by atoms with E-state index in [-0.39, 0.29) is 0 Å². The zero-order valence-electron chi connectivity index (χ0n) is 13.4. The highest BCUT2D eigenvalue weighted by molar-refractivity contribution is 5.76. The van der Waals surface area contributed by atoms with Crippen molar-refractivity contribution in [3.05, 3.63) is 48.5 Å². The molecule has 1 aliphatic rings. The molecule has 0 amide bonds. The fraction of sp³-hybridized carbons (Fsp3) is 0.389. The Morgan fingerprint density at radius 3 is 2.52 bits per heavy atom. The second-order valence-corrected chi connectivity index (χ2v) is 6.01. The number of benzene rings is 1. The lowest BCUT2D eigenvalue weighted by Crippen LogP contribution is -2.36. The van der Waals surface area contributed by atoms with Gasteiger partial charge in [0.2, 0.25) is 5.95 Å². The lowest BCUT2D eigenvalue weighted by molar-refractivity contribution is 0.392. The fourth-order valence-corrected chi connectivity index (χ4v) is 3.53. The smallest absolute Gasteiger partial charge is 0.225 e. The van der Waals surface area contributed by atoms with Crippen LogP contribution in [0.1, 0.15) is 31.6 Å². The summed E-state index contributed by atoms with van der Waals surface area (Å²) in [4.78, 5) is 15.8. The zero-order chi connectivity index (χ0) is 15.6. The number of aromatic nitrogens is 4. The summed E-state index contributed by atoms with van der Waals surface area (Å²) in [5.74, 6) is 2.04. The molecule has 5 heteroatoms. The first-order valence-corrected chi connectivity index (χ1v) is 8.34. The highest BCUT2D eigenvalue weighted by atomic mass is 15.3. The summed E-state index contributed by atoms with van der Waals surface area (Å²) in [5.41, 5.74) is 2.37. The van der Waals surface area contributed by atoms with Crippen LogP contribution in [0.4, 0.5) is 5.95 Å². The van der Waals surface area contributed by atoms with E-state index in [9.17, 15) is 0 Å². The lowest BCUT2D eigenvalue weighted by atomic mass is 10.0. The Bertz CT molecular complexity index is 788. The first-order valence-electron chi connectivity index (χ1n) is 8.34. The molecule has 23 heavy (non-hydrogen) atoms. The van der Waals surface area contributed by atoms with Crippen molar-refractivity contribution in [2.75, 3.05) is 18.0 Å². The minimum atomic E-state index is 0.511. The van der Waals surface area contributed by atoms with Gasteiger partial charge in [-0.3, -0.25) is 0 Å². The summed E-state index contributed by atoms with van der Waals surface area (Å²) in [5, 5.41) is 0. The molecule has 0 bridgehead atoms. The Balaban J connectivity index is 1.59. The third-order valence-corrected chi connectivity index (χ3v) is 4.65. The predicted octanol–water partition coefficient (Wildman–Crippen LogP) is 3.23. The molecule has 4 rings (SSSR count). The number of anilines is 1. The zero-order valence-corrected chi connectivity index (χ0v) is 13.4. The van der Waals surface area contributed by atoms with Crippen LogP contribution in [0.3, 0.4) is 0 Å². The molecule has 0 saturated carbocycles. The van der Waals surface area contributed by atoms with E-state index in [1.165, 1.54) is 11.3 Å². The summed E-state index contributed by atoms with van der Waals surface area (Å²) in [7, 11) is 0. The molecular weight excluding hydrogens is 286 g/mol. The van der Waals surface area contributed by atoms with E-state index in [1.54, 1.807) is 0 Å². The van der Waals surface area contributed by atoms with Crippen molar-refractivity contribution < 1.29 is 0 Å². The van der Waals surface area contributed by atoms with Crippen LogP contribution in [0.5, 0.6) is 0 Å². The van der Waals surface area contributed by atoms with Gasteiger partial charge in [0, 0.05) is 37.9 Å². The Labute approximate surface area is 136 Å². The highest BCUT2D eigenvalue weighted by Gasteiger charge is 2.24. The largest absolute Gasteiger partial charge is 0.341 e. The number of hydrogen-bond donors (Lipinski definition) is 0. The molecule has 1 aliphatic heterocycles. The summed E-state index contributed by atoms with van der Waals surface area (Å²) < 4.78 is 2.46. The summed E-state index contributed by atoms with van der Waals surface area (Å²) in [6.45, 7) is 4.17. The number of hydrogen-bond acceptors (Lipinski definition) is 4. The second-order valence-electron chi connectivity index (χ2n) is 6.01. The Kier molecular flexibility index (Phi) is 3.69. The average molecular weight is 307 g/mol. The van der Waals surface area contributed by atoms with E-state index in [1.807, 2.05) is 18.5 Å². The standard InChI is InChI=1S/C18H21N5/c1-2-17-21-15-6-3-4-7-16(15)23(17)14-8-12-22(13-9-14)18-19-10-5-11-20-18/h3-7,10-11,14H,2,8-9,12-13H2,1H3. The van der Waals surface area contributed by atoms with Crippen molar-refractivity contribution in [2.45, 2.75) is 32.2 Å². The molecule has 3 heterocycles. The third kappa shape index (κ3) is 2.56. The van der Waals surface area contributed by atoms with E-state index in [0.717, 1.165) is 43.8 Å². The Hall–Kier alpha value is -2.43. The molecule has 1 saturated heterocycles. The third-order valence-electron chi connectivity index (χ3n) is 4.65. The molecule has 1 aromatic carbocycles. The monoisotopic (exact) mass is 307 g/mol. The molecule has 1 fully saturated rings. The van der Waals surface area contributed by atoms with Gasteiger partial charge in [0.25, 0.3) is 0 Å². The van der Waals surface area contributed by atoms with Crippen LogP contribution in [-0.2, 0) is 6.42 Å². The molecule has 0 spiro atoms. The molecule has 0 N–H and O–H groups in total. The number of aryl methyl sites for hydroxylation is 1. The minimum Gasteiger partial charge on any atom is -0.341 e. The molecular formula is C18H21N5. The Morgan fingerprint density at radius 1 is 1.04 bits per heavy atom.